The zero-order valence-electron chi connectivity index (χ0n) is 20.4. The van der Waals surface area contributed by atoms with Crippen molar-refractivity contribution in [3.05, 3.63) is 53.9 Å². The molecule has 0 atom stereocenters. The molecule has 0 saturated carbocycles. The summed E-state index contributed by atoms with van der Waals surface area (Å²) in [7, 11) is 0. The van der Waals surface area contributed by atoms with Gasteiger partial charge in [0.25, 0.3) is 5.91 Å². The van der Waals surface area contributed by atoms with Gasteiger partial charge >= 0.3 is 6.03 Å². The predicted molar refractivity (Wildman–Crippen MR) is 131 cm³/mol. The number of aromatic nitrogens is 1. The highest BCUT2D eigenvalue weighted by molar-refractivity contribution is 6.23. The van der Waals surface area contributed by atoms with Crippen molar-refractivity contribution in [3.63, 3.8) is 0 Å². The molecule has 3 heterocycles. The van der Waals surface area contributed by atoms with Gasteiger partial charge in [0, 0.05) is 36.6 Å². The van der Waals surface area contributed by atoms with E-state index in [1.165, 1.54) is 4.90 Å². The first-order valence-electron chi connectivity index (χ1n) is 11.4. The minimum Gasteiger partial charge on any atom is -0.369 e. The number of hydrogen-bond acceptors (Lipinski definition) is 6. The summed E-state index contributed by atoms with van der Waals surface area (Å²) in [6.45, 7) is 8.06. The number of pyridine rings is 1. The molecule has 35 heavy (non-hydrogen) atoms. The van der Waals surface area contributed by atoms with Gasteiger partial charge in [-0.15, -0.1) is 0 Å². The maximum atomic E-state index is 13.5. The number of nitrogens with one attached hydrogen (secondary N) is 1. The first-order chi connectivity index (χ1) is 16.4. The Bertz CT molecular complexity index is 1190. The van der Waals surface area contributed by atoms with Gasteiger partial charge in [-0.25, -0.2) is 9.69 Å². The maximum Gasteiger partial charge on any atom is 0.332 e. The topological polar surface area (TPSA) is 129 Å². The average molecular weight is 479 g/mol. The van der Waals surface area contributed by atoms with E-state index in [2.05, 4.69) is 10.3 Å². The molecule has 0 unspecified atom stereocenters. The number of primary amides is 1. The Morgan fingerprint density at radius 1 is 1.06 bits per heavy atom. The molecule has 2 aliphatic heterocycles. The highest BCUT2D eigenvalue weighted by atomic mass is 16.2. The molecule has 2 aromatic rings. The van der Waals surface area contributed by atoms with Crippen LogP contribution < -0.4 is 20.9 Å². The summed E-state index contributed by atoms with van der Waals surface area (Å²) in [4.78, 5) is 59.2. The first kappa shape index (κ1) is 24.3. The molecule has 0 spiro atoms. The van der Waals surface area contributed by atoms with Gasteiger partial charge in [-0.3, -0.25) is 24.7 Å². The van der Waals surface area contributed by atoms with Crippen molar-refractivity contribution in [2.75, 3.05) is 29.4 Å². The molecule has 2 aliphatic rings. The van der Waals surface area contributed by atoms with Crippen LogP contribution in [0.2, 0.25) is 0 Å². The molecule has 0 radical (unpaired) electrons. The third-order valence-electron chi connectivity index (χ3n) is 6.60. The number of nitrogens with two attached hydrogens (primary N) is 1. The molecule has 1 aromatic heterocycles. The van der Waals surface area contributed by atoms with Crippen molar-refractivity contribution in [1.29, 1.82) is 0 Å². The highest BCUT2D eigenvalue weighted by Gasteiger charge is 2.52. The summed E-state index contributed by atoms with van der Waals surface area (Å²) >= 11 is 0. The number of urea groups is 1. The Kier molecular flexibility index (Phi) is 6.10. The number of imide groups is 1. The standard InChI is InChI=1S/C25H30N6O4/c1-24(2)15-29(21(33)13-28-12-20(26)32)19-11-17(5-6-18(19)24)31-22(34)25(3,4)30(23(31)35)14-16-7-9-27-10-8-16/h5-11,28H,12-15H2,1-4H3,(H2,26,32). The highest BCUT2D eigenvalue weighted by Crippen LogP contribution is 2.43. The Morgan fingerprint density at radius 3 is 2.40 bits per heavy atom. The molecule has 4 rings (SSSR count). The second-order valence-electron chi connectivity index (χ2n) is 10.1. The van der Waals surface area contributed by atoms with Crippen LogP contribution in [-0.2, 0) is 26.3 Å². The zero-order chi connectivity index (χ0) is 25.5. The summed E-state index contributed by atoms with van der Waals surface area (Å²) in [5.74, 6) is -1.11. The first-order valence-corrected chi connectivity index (χ1v) is 11.4. The van der Waals surface area contributed by atoms with E-state index in [1.807, 2.05) is 32.0 Å². The van der Waals surface area contributed by atoms with Crippen LogP contribution in [0.15, 0.2) is 42.7 Å². The number of benzene rings is 1. The molecule has 1 fully saturated rings. The third kappa shape index (κ3) is 4.37. The zero-order valence-corrected chi connectivity index (χ0v) is 20.4. The lowest BCUT2D eigenvalue weighted by Crippen LogP contribution is -2.43. The second kappa shape index (κ2) is 8.77. The number of hydrogen-bond donors (Lipinski definition) is 2. The Labute approximate surface area is 204 Å². The van der Waals surface area contributed by atoms with Crippen LogP contribution in [0.3, 0.4) is 0 Å². The van der Waals surface area contributed by atoms with Crippen LogP contribution in [0.5, 0.6) is 0 Å². The Balaban J connectivity index is 1.65. The van der Waals surface area contributed by atoms with E-state index in [0.717, 1.165) is 11.1 Å². The lowest BCUT2D eigenvalue weighted by Gasteiger charge is -2.27. The van der Waals surface area contributed by atoms with Crippen molar-refractivity contribution < 1.29 is 19.2 Å². The number of carbonyl (C=O) groups is 4. The summed E-state index contributed by atoms with van der Waals surface area (Å²) < 4.78 is 0. The summed E-state index contributed by atoms with van der Waals surface area (Å²) in [6.07, 6.45) is 3.29. The Hall–Kier alpha value is -3.79. The number of amides is 5. The van der Waals surface area contributed by atoms with E-state index < -0.39 is 17.5 Å². The molecule has 1 aromatic carbocycles. The van der Waals surface area contributed by atoms with Crippen molar-refractivity contribution in [1.82, 2.24) is 15.2 Å². The van der Waals surface area contributed by atoms with Crippen molar-refractivity contribution in [3.8, 4) is 0 Å². The normalized spacial score (nSPS) is 18.2. The molecule has 10 heteroatoms. The van der Waals surface area contributed by atoms with E-state index in [0.29, 0.717) is 17.9 Å². The number of fused-ring (bicyclic) bond motifs is 1. The minimum absolute atomic E-state index is 0.0585. The molecule has 184 valence electrons. The lowest BCUT2D eigenvalue weighted by molar-refractivity contribution is -0.123. The van der Waals surface area contributed by atoms with Crippen LogP contribution in [0, 0.1) is 0 Å². The molecular formula is C25H30N6O4. The van der Waals surface area contributed by atoms with Crippen LogP contribution in [-0.4, -0.2) is 58.8 Å². The molecule has 10 nitrogen and oxygen atoms in total. The van der Waals surface area contributed by atoms with Gasteiger partial charge in [0.15, 0.2) is 0 Å². The lowest BCUT2D eigenvalue weighted by atomic mass is 9.87. The van der Waals surface area contributed by atoms with Gasteiger partial charge in [-0.05, 0) is 49.2 Å². The summed E-state index contributed by atoms with van der Waals surface area (Å²) in [6, 6.07) is 8.54. The molecule has 0 aliphatic carbocycles. The van der Waals surface area contributed by atoms with E-state index >= 15 is 0 Å². The van der Waals surface area contributed by atoms with Crippen LogP contribution >= 0.6 is 0 Å². The van der Waals surface area contributed by atoms with Gasteiger partial charge in [-0.1, -0.05) is 19.9 Å². The smallest absolute Gasteiger partial charge is 0.332 e. The summed E-state index contributed by atoms with van der Waals surface area (Å²) in [5.41, 5.74) is 6.64. The number of nitrogens with zero attached hydrogens (tertiary/aromatic N) is 4. The number of anilines is 2. The minimum atomic E-state index is -1.05. The maximum absolute atomic E-state index is 13.5. The fourth-order valence-electron chi connectivity index (χ4n) is 4.63. The van der Waals surface area contributed by atoms with Crippen molar-refractivity contribution in [2.45, 2.75) is 45.2 Å². The van der Waals surface area contributed by atoms with Gasteiger partial charge < -0.3 is 15.5 Å². The molecule has 3 N–H and O–H groups in total. The van der Waals surface area contributed by atoms with Crippen molar-refractivity contribution in [2.24, 2.45) is 5.73 Å². The van der Waals surface area contributed by atoms with Crippen LogP contribution in [0.1, 0.15) is 38.8 Å². The van der Waals surface area contributed by atoms with E-state index in [-0.39, 0.29) is 36.9 Å². The van der Waals surface area contributed by atoms with Gasteiger partial charge in [0.05, 0.1) is 18.8 Å². The Morgan fingerprint density at radius 2 is 1.74 bits per heavy atom. The molecule has 1 saturated heterocycles. The van der Waals surface area contributed by atoms with Gasteiger partial charge in [0.1, 0.15) is 5.54 Å². The van der Waals surface area contributed by atoms with Crippen LogP contribution in [0.25, 0.3) is 0 Å². The van der Waals surface area contributed by atoms with E-state index in [4.69, 9.17) is 5.73 Å². The third-order valence-corrected chi connectivity index (χ3v) is 6.60. The largest absolute Gasteiger partial charge is 0.369 e. The second-order valence-corrected chi connectivity index (χ2v) is 10.1. The fourth-order valence-corrected chi connectivity index (χ4v) is 4.63. The van der Waals surface area contributed by atoms with Crippen molar-refractivity contribution >= 4 is 35.1 Å². The summed E-state index contributed by atoms with van der Waals surface area (Å²) in [5, 5.41) is 2.75. The molecular weight excluding hydrogens is 448 g/mol. The van der Waals surface area contributed by atoms with Gasteiger partial charge in [-0.2, -0.15) is 0 Å². The van der Waals surface area contributed by atoms with Crippen LogP contribution in [0.4, 0.5) is 16.2 Å². The number of carbonyl (C=O) groups excluding carboxylic acids is 4. The van der Waals surface area contributed by atoms with E-state index in [1.54, 1.807) is 48.2 Å². The average Bonchev–Trinajstić information content (AvgIpc) is 3.16. The predicted octanol–water partition coefficient (Wildman–Crippen LogP) is 1.53. The molecule has 5 amide bonds. The monoisotopic (exact) mass is 478 g/mol. The SMILES string of the molecule is CC1(C)CN(C(=O)CNCC(N)=O)c2cc(N3C(=O)N(Cc4ccncc4)C(C)(C)C3=O)ccc21. The number of rotatable bonds is 7. The fraction of sp³-hybridized carbons (Fsp3) is 0.400. The molecule has 0 bridgehead atoms. The quantitative estimate of drug-likeness (QED) is 0.581. The van der Waals surface area contributed by atoms with E-state index in [9.17, 15) is 19.2 Å². The van der Waals surface area contributed by atoms with Gasteiger partial charge in [0.2, 0.25) is 11.8 Å².